The largest absolute Gasteiger partial charge is 0.454 e. The molecule has 0 bridgehead atoms. The molecule has 7 aromatic heterocycles. The second kappa shape index (κ2) is 14.9. The van der Waals surface area contributed by atoms with Crippen LogP contribution in [0, 0.1) is 6.33 Å². The molecule has 0 atom stereocenters. The highest BCUT2D eigenvalue weighted by Gasteiger charge is 2.27. The number of aromatic nitrogens is 8. The molecule has 0 saturated carbocycles. The van der Waals surface area contributed by atoms with Crippen molar-refractivity contribution in [3.05, 3.63) is 224 Å². The number of furan rings is 1. The van der Waals surface area contributed by atoms with Crippen LogP contribution in [0.15, 0.2) is 217 Å². The number of rotatable bonds is 5. The molecular formula is C65H44N8O. The lowest BCUT2D eigenvalue weighted by molar-refractivity contribution is -0.571. The monoisotopic (exact) mass is 952 g/mol. The molecule has 7 heterocycles. The van der Waals surface area contributed by atoms with Gasteiger partial charge in [0.1, 0.15) is 11.4 Å². The summed E-state index contributed by atoms with van der Waals surface area (Å²) in [6, 6.07) is 73.6. The molecule has 0 N–H and O–H groups in total. The highest BCUT2D eigenvalue weighted by Crippen LogP contribution is 2.42. The number of hydrogen-bond donors (Lipinski definition) is 0. The highest BCUT2D eigenvalue weighted by atomic mass is 16.3. The Hall–Kier alpha value is -9.73. The van der Waals surface area contributed by atoms with E-state index in [1.165, 1.54) is 16.3 Å². The van der Waals surface area contributed by atoms with E-state index in [4.69, 9.17) is 14.4 Å². The summed E-state index contributed by atoms with van der Waals surface area (Å²) in [5.41, 5.74) is 17.0. The van der Waals surface area contributed by atoms with Crippen molar-refractivity contribution in [1.29, 1.82) is 0 Å². The van der Waals surface area contributed by atoms with E-state index < -0.39 is 0 Å². The fraction of sp³-hybridized carbons (Fsp3) is 0.0615. The van der Waals surface area contributed by atoms with Crippen molar-refractivity contribution in [3.8, 4) is 28.6 Å². The van der Waals surface area contributed by atoms with Gasteiger partial charge in [-0.3, -0.25) is 22.7 Å². The molecule has 9 nitrogen and oxygen atoms in total. The molecule has 0 unspecified atom stereocenters. The summed E-state index contributed by atoms with van der Waals surface area (Å²) >= 11 is 0. The molecule has 0 radical (unpaired) electrons. The zero-order valence-corrected chi connectivity index (χ0v) is 40.7. The SMILES string of the molecule is CC(C)(C)c1ccnc(-n2c3ccccc3c3cc4c(cc32)n(-c2cc(-n3[c-][n+](-c5cccc6c7ccccc7n(-c7ccccc7)c56)c5ccccc53)cc3c2oc2ccccc23)c2nc3ccccc3n42)c1. The Kier molecular flexibility index (Phi) is 8.25. The third-order valence-electron chi connectivity index (χ3n) is 15.3. The minimum absolute atomic E-state index is 0.0645. The summed E-state index contributed by atoms with van der Waals surface area (Å²) in [5, 5.41) is 6.68. The van der Waals surface area contributed by atoms with Crippen molar-refractivity contribution in [3.63, 3.8) is 0 Å². The minimum atomic E-state index is -0.0645. The molecule has 16 rings (SSSR count). The zero-order valence-electron chi connectivity index (χ0n) is 40.7. The lowest BCUT2D eigenvalue weighted by Crippen LogP contribution is -2.30. The number of nitrogens with zero attached hydrogens (tertiary/aromatic N) is 8. The van der Waals surface area contributed by atoms with Crippen LogP contribution in [0.2, 0.25) is 0 Å². The zero-order chi connectivity index (χ0) is 49.0. The van der Waals surface area contributed by atoms with Gasteiger partial charge in [-0.15, -0.1) is 0 Å². The molecule has 74 heavy (non-hydrogen) atoms. The van der Waals surface area contributed by atoms with Gasteiger partial charge in [0.05, 0.1) is 72.2 Å². The summed E-state index contributed by atoms with van der Waals surface area (Å²) in [6.45, 7) is 6.75. The second-order valence-corrected chi connectivity index (χ2v) is 20.5. The number of benzene rings is 9. The lowest BCUT2D eigenvalue weighted by atomic mass is 9.88. The van der Waals surface area contributed by atoms with Crippen LogP contribution < -0.4 is 4.57 Å². The van der Waals surface area contributed by atoms with Gasteiger partial charge >= 0.3 is 0 Å². The Balaban J connectivity index is 1.01. The van der Waals surface area contributed by atoms with E-state index in [0.29, 0.717) is 0 Å². The lowest BCUT2D eigenvalue weighted by Gasteiger charge is -2.20. The molecule has 0 aliphatic carbocycles. The van der Waals surface area contributed by atoms with Crippen LogP contribution >= 0.6 is 0 Å². The van der Waals surface area contributed by atoms with Crippen molar-refractivity contribution in [2.24, 2.45) is 0 Å². The van der Waals surface area contributed by atoms with E-state index in [-0.39, 0.29) is 5.41 Å². The summed E-state index contributed by atoms with van der Waals surface area (Å²) < 4.78 is 20.8. The Bertz CT molecular complexity index is 5010. The number of fused-ring (bicyclic) bond motifs is 15. The van der Waals surface area contributed by atoms with Crippen LogP contribution in [0.3, 0.4) is 0 Å². The molecule has 0 aliphatic heterocycles. The summed E-state index contributed by atoms with van der Waals surface area (Å²) in [5.74, 6) is 1.66. The van der Waals surface area contributed by atoms with Crippen molar-refractivity contribution in [1.82, 2.24) is 32.6 Å². The first-order valence-corrected chi connectivity index (χ1v) is 25.2. The van der Waals surface area contributed by atoms with Gasteiger partial charge in [-0.25, -0.2) is 9.97 Å². The Morgan fingerprint density at radius 2 is 1.18 bits per heavy atom. The molecule has 9 aromatic carbocycles. The third kappa shape index (κ3) is 5.66. The predicted octanol–water partition coefficient (Wildman–Crippen LogP) is 15.2. The van der Waals surface area contributed by atoms with Crippen molar-refractivity contribution < 1.29 is 8.98 Å². The number of hydrogen-bond acceptors (Lipinski definition) is 3. The van der Waals surface area contributed by atoms with Crippen molar-refractivity contribution >= 4 is 104 Å². The van der Waals surface area contributed by atoms with Crippen LogP contribution in [-0.4, -0.2) is 32.6 Å². The maximum Gasteiger partial charge on any atom is 0.269 e. The maximum atomic E-state index is 7.04. The van der Waals surface area contributed by atoms with Gasteiger partial charge in [0.15, 0.2) is 5.58 Å². The van der Waals surface area contributed by atoms with Crippen LogP contribution in [0.5, 0.6) is 0 Å². The fourth-order valence-corrected chi connectivity index (χ4v) is 11.9. The van der Waals surface area contributed by atoms with Crippen molar-refractivity contribution in [2.75, 3.05) is 0 Å². The summed E-state index contributed by atoms with van der Waals surface area (Å²) in [4.78, 5) is 10.5. The molecule has 350 valence electrons. The fourth-order valence-electron chi connectivity index (χ4n) is 11.9. The third-order valence-corrected chi connectivity index (χ3v) is 15.3. The van der Waals surface area contributed by atoms with E-state index in [2.05, 4.69) is 255 Å². The summed E-state index contributed by atoms with van der Waals surface area (Å²) in [6.07, 6.45) is 5.88. The van der Waals surface area contributed by atoms with Crippen LogP contribution in [-0.2, 0) is 5.41 Å². The Morgan fingerprint density at radius 3 is 2.00 bits per heavy atom. The first-order chi connectivity index (χ1) is 36.4. The van der Waals surface area contributed by atoms with Crippen LogP contribution in [0.1, 0.15) is 26.3 Å². The molecule has 0 saturated heterocycles. The standard InChI is InChI=1S/C65H44N8O/c1-65(2,3)40-32-33-66-61(34-40)71-51-26-12-8-21-44(51)47-37-57-58(38-56(47)71)73(64-67-49-24-10-13-27-52(49)72(57)64)59-36-42(35-48-45-22-9-16-31-60(45)74-63(48)59)68-39-69(54-29-15-14-28-53(54)68)55-30-17-23-46-43-20-7-11-25-50(43)70(62(46)55)41-18-5-4-6-19-41/h4-38H,1-3H3. The van der Waals surface area contributed by atoms with Gasteiger partial charge in [0.25, 0.3) is 6.33 Å². The van der Waals surface area contributed by atoms with Gasteiger partial charge in [0, 0.05) is 44.2 Å². The molecule has 16 aromatic rings. The van der Waals surface area contributed by atoms with Gasteiger partial charge in [-0.2, -0.15) is 0 Å². The molecule has 0 aliphatic rings. The summed E-state index contributed by atoms with van der Waals surface area (Å²) in [7, 11) is 0. The molecule has 0 amide bonds. The van der Waals surface area contributed by atoms with Gasteiger partial charge < -0.3 is 8.98 Å². The minimum Gasteiger partial charge on any atom is -0.454 e. The molecule has 9 heteroatoms. The van der Waals surface area contributed by atoms with E-state index in [1.54, 1.807) is 0 Å². The smallest absolute Gasteiger partial charge is 0.269 e. The Labute approximate surface area is 423 Å². The second-order valence-electron chi connectivity index (χ2n) is 20.5. The molecular weight excluding hydrogens is 909 g/mol. The highest BCUT2D eigenvalue weighted by molar-refractivity contribution is 6.15. The molecule has 0 fully saturated rings. The van der Waals surface area contributed by atoms with E-state index in [0.717, 1.165) is 122 Å². The first kappa shape index (κ1) is 40.9. The number of para-hydroxylation sites is 9. The van der Waals surface area contributed by atoms with Gasteiger partial charge in [0.2, 0.25) is 5.78 Å². The Morgan fingerprint density at radius 1 is 0.486 bits per heavy atom. The number of pyridine rings is 1. The van der Waals surface area contributed by atoms with Crippen LogP contribution in [0.4, 0.5) is 0 Å². The predicted molar refractivity (Wildman–Crippen MR) is 299 cm³/mol. The molecule has 0 spiro atoms. The van der Waals surface area contributed by atoms with Crippen molar-refractivity contribution in [2.45, 2.75) is 26.2 Å². The average Bonchev–Trinajstić information content (AvgIpc) is 4.35. The van der Waals surface area contributed by atoms with E-state index in [1.807, 2.05) is 12.3 Å². The normalized spacial score (nSPS) is 12.5. The average molecular weight is 953 g/mol. The van der Waals surface area contributed by atoms with Gasteiger partial charge in [-0.05, 0) is 95.9 Å². The topological polar surface area (TPSA) is 66.9 Å². The van der Waals surface area contributed by atoms with E-state index >= 15 is 0 Å². The van der Waals surface area contributed by atoms with Gasteiger partial charge in [-0.1, -0.05) is 142 Å². The van der Waals surface area contributed by atoms with E-state index in [9.17, 15) is 0 Å². The van der Waals surface area contributed by atoms with Crippen LogP contribution in [0.25, 0.3) is 133 Å². The maximum absolute atomic E-state index is 7.04. The quantitative estimate of drug-likeness (QED) is 0.127. The first-order valence-electron chi connectivity index (χ1n) is 25.2. The number of imidazole rings is 3.